The van der Waals surface area contributed by atoms with Gasteiger partial charge in [-0.05, 0) is 30.4 Å². The second-order valence-corrected chi connectivity index (χ2v) is 4.01. The molecule has 18 heavy (non-hydrogen) atoms. The molecule has 0 saturated carbocycles. The monoisotopic (exact) mass is 266 g/mol. The number of hydrogen-bond acceptors (Lipinski definition) is 2. The van der Waals surface area contributed by atoms with Crippen molar-refractivity contribution in [1.82, 2.24) is 9.97 Å². The second-order valence-electron chi connectivity index (χ2n) is 3.57. The van der Waals surface area contributed by atoms with Crippen LogP contribution >= 0.6 is 11.6 Å². The van der Waals surface area contributed by atoms with E-state index >= 15 is 0 Å². The van der Waals surface area contributed by atoms with E-state index in [0.717, 1.165) is 6.08 Å². The molecule has 0 aliphatic carbocycles. The van der Waals surface area contributed by atoms with E-state index in [4.69, 9.17) is 11.6 Å². The maximum absolute atomic E-state index is 13.8. The van der Waals surface area contributed by atoms with Gasteiger partial charge >= 0.3 is 0 Å². The summed E-state index contributed by atoms with van der Waals surface area (Å²) in [6, 6.07) is 7.06. The van der Waals surface area contributed by atoms with Crippen LogP contribution in [0.15, 0.2) is 48.8 Å². The minimum atomic E-state index is -3.08. The van der Waals surface area contributed by atoms with Crippen LogP contribution in [0.25, 0.3) is 6.08 Å². The number of alkyl halides is 2. The fraction of sp³-hybridized carbons (Fsp3) is 0.0769. The van der Waals surface area contributed by atoms with Gasteiger partial charge in [-0.15, -0.1) is 0 Å². The Kier molecular flexibility index (Phi) is 3.67. The van der Waals surface area contributed by atoms with Gasteiger partial charge in [-0.3, -0.25) is 0 Å². The quantitative estimate of drug-likeness (QED) is 0.841. The molecule has 0 amide bonds. The van der Waals surface area contributed by atoms with E-state index in [1.165, 1.54) is 42.7 Å². The fourth-order valence-corrected chi connectivity index (χ4v) is 1.47. The predicted molar refractivity (Wildman–Crippen MR) is 66.4 cm³/mol. The maximum atomic E-state index is 13.8. The van der Waals surface area contributed by atoms with Gasteiger partial charge in [0.25, 0.3) is 5.92 Å². The van der Waals surface area contributed by atoms with Gasteiger partial charge in [0.2, 0.25) is 0 Å². The summed E-state index contributed by atoms with van der Waals surface area (Å²) >= 11 is 5.65. The van der Waals surface area contributed by atoms with Crippen LogP contribution in [-0.4, -0.2) is 9.97 Å². The Morgan fingerprint density at radius 1 is 1.06 bits per heavy atom. The molecule has 1 heterocycles. The Bertz CT molecular complexity index is 539. The standard InChI is InChI=1S/C13H9ClF2N2/c14-11-4-2-10(3-5-11)13(15,16)7-6-12-17-8-1-9-18-12/h1-9H. The molecule has 2 rings (SSSR count). The summed E-state index contributed by atoms with van der Waals surface area (Å²) in [6.45, 7) is 0. The van der Waals surface area contributed by atoms with E-state index in [1.54, 1.807) is 6.07 Å². The molecular weight excluding hydrogens is 258 g/mol. The summed E-state index contributed by atoms with van der Waals surface area (Å²) < 4.78 is 27.6. The Morgan fingerprint density at radius 2 is 1.67 bits per heavy atom. The molecule has 0 unspecified atom stereocenters. The highest BCUT2D eigenvalue weighted by Gasteiger charge is 2.27. The van der Waals surface area contributed by atoms with Gasteiger partial charge in [0.15, 0.2) is 5.82 Å². The smallest absolute Gasteiger partial charge is 0.237 e. The molecule has 5 heteroatoms. The van der Waals surface area contributed by atoms with Gasteiger partial charge in [-0.2, -0.15) is 8.78 Å². The lowest BCUT2D eigenvalue weighted by molar-refractivity contribution is 0.0530. The van der Waals surface area contributed by atoms with Crippen molar-refractivity contribution >= 4 is 17.7 Å². The summed E-state index contributed by atoms with van der Waals surface area (Å²) in [7, 11) is 0. The zero-order chi connectivity index (χ0) is 13.0. The molecule has 1 aromatic carbocycles. The van der Waals surface area contributed by atoms with E-state index in [-0.39, 0.29) is 11.4 Å². The third kappa shape index (κ3) is 3.11. The van der Waals surface area contributed by atoms with Gasteiger partial charge in [0.1, 0.15) is 0 Å². The third-order valence-electron chi connectivity index (χ3n) is 2.26. The molecule has 2 nitrogen and oxygen atoms in total. The highest BCUT2D eigenvalue weighted by molar-refractivity contribution is 6.30. The Hall–Kier alpha value is -1.81. The van der Waals surface area contributed by atoms with Crippen molar-refractivity contribution in [2.75, 3.05) is 0 Å². The molecule has 0 N–H and O–H groups in total. The van der Waals surface area contributed by atoms with E-state index in [0.29, 0.717) is 5.02 Å². The molecule has 0 aliphatic heterocycles. The van der Waals surface area contributed by atoms with E-state index in [1.807, 2.05) is 0 Å². The first-order valence-corrected chi connectivity index (χ1v) is 5.56. The average molecular weight is 267 g/mol. The number of hydrogen-bond donors (Lipinski definition) is 0. The minimum absolute atomic E-state index is 0.126. The molecule has 0 atom stereocenters. The number of rotatable bonds is 3. The van der Waals surface area contributed by atoms with Crippen molar-refractivity contribution in [3.8, 4) is 0 Å². The number of nitrogens with zero attached hydrogens (tertiary/aromatic N) is 2. The van der Waals surface area contributed by atoms with Gasteiger partial charge in [-0.25, -0.2) is 9.97 Å². The average Bonchev–Trinajstić information content (AvgIpc) is 2.38. The lowest BCUT2D eigenvalue weighted by Crippen LogP contribution is -2.09. The van der Waals surface area contributed by atoms with Crippen LogP contribution in [0.2, 0.25) is 5.02 Å². The Morgan fingerprint density at radius 3 is 2.28 bits per heavy atom. The van der Waals surface area contributed by atoms with Gasteiger partial charge in [0, 0.05) is 23.0 Å². The lowest BCUT2D eigenvalue weighted by Gasteiger charge is -2.11. The second kappa shape index (κ2) is 5.23. The van der Waals surface area contributed by atoms with Crippen LogP contribution in [0.4, 0.5) is 8.78 Å². The summed E-state index contributed by atoms with van der Waals surface area (Å²) in [6.07, 6.45) is 4.94. The molecule has 2 aromatic rings. The van der Waals surface area contributed by atoms with E-state index in [9.17, 15) is 8.78 Å². The van der Waals surface area contributed by atoms with Gasteiger partial charge < -0.3 is 0 Å². The molecule has 0 spiro atoms. The highest BCUT2D eigenvalue weighted by atomic mass is 35.5. The van der Waals surface area contributed by atoms with Crippen LogP contribution < -0.4 is 0 Å². The van der Waals surface area contributed by atoms with Crippen molar-refractivity contribution < 1.29 is 8.78 Å². The number of aromatic nitrogens is 2. The summed E-state index contributed by atoms with van der Waals surface area (Å²) in [4.78, 5) is 7.67. The molecule has 0 aliphatic rings. The Balaban J connectivity index is 2.21. The maximum Gasteiger partial charge on any atom is 0.292 e. The molecule has 0 saturated heterocycles. The first kappa shape index (κ1) is 12.6. The zero-order valence-electron chi connectivity index (χ0n) is 9.22. The summed E-state index contributed by atoms with van der Waals surface area (Å²) in [5, 5.41) is 0.421. The molecule has 92 valence electrons. The van der Waals surface area contributed by atoms with Crippen molar-refractivity contribution in [3.05, 3.63) is 65.2 Å². The van der Waals surface area contributed by atoms with Crippen LogP contribution in [0.1, 0.15) is 11.4 Å². The van der Waals surface area contributed by atoms with Crippen molar-refractivity contribution in [2.24, 2.45) is 0 Å². The zero-order valence-corrected chi connectivity index (χ0v) is 9.98. The van der Waals surface area contributed by atoms with Crippen LogP contribution in [0, 0.1) is 0 Å². The molecule has 1 aromatic heterocycles. The number of benzene rings is 1. The first-order chi connectivity index (χ1) is 8.58. The largest absolute Gasteiger partial charge is 0.292 e. The van der Waals surface area contributed by atoms with Crippen molar-refractivity contribution in [1.29, 1.82) is 0 Å². The normalized spacial score (nSPS) is 11.9. The van der Waals surface area contributed by atoms with E-state index < -0.39 is 5.92 Å². The Labute approximate surface area is 108 Å². The number of halogens is 3. The third-order valence-corrected chi connectivity index (χ3v) is 2.51. The van der Waals surface area contributed by atoms with Crippen molar-refractivity contribution in [2.45, 2.75) is 5.92 Å². The van der Waals surface area contributed by atoms with Gasteiger partial charge in [0.05, 0.1) is 0 Å². The highest BCUT2D eigenvalue weighted by Crippen LogP contribution is 2.30. The predicted octanol–water partition coefficient (Wildman–Crippen LogP) is 3.94. The topological polar surface area (TPSA) is 25.8 Å². The summed E-state index contributed by atoms with van der Waals surface area (Å²) in [5.41, 5.74) is -0.126. The van der Waals surface area contributed by atoms with Crippen molar-refractivity contribution in [3.63, 3.8) is 0 Å². The first-order valence-electron chi connectivity index (χ1n) is 5.18. The SMILES string of the molecule is FC(F)(C=Cc1ncccn1)c1ccc(Cl)cc1. The minimum Gasteiger partial charge on any atom is -0.237 e. The summed E-state index contributed by atoms with van der Waals surface area (Å²) in [5.74, 6) is -2.84. The fourth-order valence-electron chi connectivity index (χ4n) is 1.34. The van der Waals surface area contributed by atoms with Gasteiger partial charge in [-0.1, -0.05) is 23.7 Å². The molecular formula is C13H9ClF2N2. The van der Waals surface area contributed by atoms with Crippen LogP contribution in [0.3, 0.4) is 0 Å². The van der Waals surface area contributed by atoms with Crippen LogP contribution in [-0.2, 0) is 5.92 Å². The molecule has 0 bridgehead atoms. The van der Waals surface area contributed by atoms with Crippen LogP contribution in [0.5, 0.6) is 0 Å². The molecule has 0 radical (unpaired) electrons. The number of allylic oxidation sites excluding steroid dienone is 1. The lowest BCUT2D eigenvalue weighted by atomic mass is 10.1. The van der Waals surface area contributed by atoms with E-state index in [2.05, 4.69) is 9.97 Å². The molecule has 0 fully saturated rings.